The van der Waals surface area contributed by atoms with Crippen LogP contribution in [-0.2, 0) is 14.3 Å². The van der Waals surface area contributed by atoms with Gasteiger partial charge in [0.05, 0.1) is 11.5 Å². The van der Waals surface area contributed by atoms with Crippen molar-refractivity contribution in [3.05, 3.63) is 64.2 Å². The van der Waals surface area contributed by atoms with Crippen molar-refractivity contribution < 1.29 is 28.8 Å². The number of amides is 2. The molecule has 0 fully saturated rings. The van der Waals surface area contributed by atoms with Crippen LogP contribution in [0.2, 0.25) is 0 Å². The van der Waals surface area contributed by atoms with E-state index in [2.05, 4.69) is 10.6 Å². The van der Waals surface area contributed by atoms with Crippen molar-refractivity contribution in [3.63, 3.8) is 0 Å². The number of hydrogen-bond acceptors (Lipinski definition) is 7. The molecule has 0 aliphatic heterocycles. The molecular weight excluding hydrogens is 406 g/mol. The lowest BCUT2D eigenvalue weighted by atomic mass is 10.2. The van der Waals surface area contributed by atoms with Crippen molar-refractivity contribution in [1.82, 2.24) is 5.32 Å². The first-order valence-corrected chi connectivity index (χ1v) is 9.50. The molecule has 0 radical (unpaired) electrons. The number of carbonyl (C=O) groups excluding carboxylic acids is 3. The Labute approximate surface area is 178 Å². The highest BCUT2D eigenvalue weighted by molar-refractivity contribution is 5.98. The maximum absolute atomic E-state index is 12.3. The summed E-state index contributed by atoms with van der Waals surface area (Å²) in [5, 5.41) is 15.8. The van der Waals surface area contributed by atoms with Gasteiger partial charge in [0.25, 0.3) is 17.5 Å². The van der Waals surface area contributed by atoms with Gasteiger partial charge in [-0.05, 0) is 51.1 Å². The number of benzene rings is 2. The SMILES string of the molecule is CCOc1ccc(NC(=O)C(C)OC(=O)[C@H](C)NC(=O)c2cccc([N+](=O)[O-])c2)cc1. The van der Waals surface area contributed by atoms with E-state index in [1.54, 1.807) is 24.3 Å². The second-order valence-electron chi connectivity index (χ2n) is 6.53. The molecular formula is C21H23N3O7. The lowest BCUT2D eigenvalue weighted by Crippen LogP contribution is -2.42. The summed E-state index contributed by atoms with van der Waals surface area (Å²) in [7, 11) is 0. The first-order chi connectivity index (χ1) is 14.7. The molecule has 10 nitrogen and oxygen atoms in total. The molecule has 2 amide bonds. The van der Waals surface area contributed by atoms with E-state index < -0.39 is 34.9 Å². The van der Waals surface area contributed by atoms with Gasteiger partial charge < -0.3 is 20.1 Å². The number of rotatable bonds is 9. The highest BCUT2D eigenvalue weighted by Gasteiger charge is 2.24. The van der Waals surface area contributed by atoms with Gasteiger partial charge in [-0.1, -0.05) is 6.07 Å². The zero-order valence-electron chi connectivity index (χ0n) is 17.3. The number of ether oxygens (including phenoxy) is 2. The van der Waals surface area contributed by atoms with E-state index in [1.165, 1.54) is 32.0 Å². The number of nitro benzene ring substituents is 1. The minimum absolute atomic E-state index is 0.0233. The molecule has 0 saturated carbocycles. The molecule has 0 bridgehead atoms. The second-order valence-corrected chi connectivity index (χ2v) is 6.53. The molecule has 2 aromatic rings. The van der Waals surface area contributed by atoms with E-state index in [0.29, 0.717) is 18.0 Å². The summed E-state index contributed by atoms with van der Waals surface area (Å²) < 4.78 is 10.4. The molecule has 10 heteroatoms. The average Bonchev–Trinajstić information content (AvgIpc) is 2.75. The molecule has 2 atom stereocenters. The predicted octanol–water partition coefficient (Wildman–Crippen LogP) is 2.68. The summed E-state index contributed by atoms with van der Waals surface area (Å²) in [6.07, 6.45) is -1.11. The van der Waals surface area contributed by atoms with Crippen molar-refractivity contribution in [1.29, 1.82) is 0 Å². The Morgan fingerprint density at radius 3 is 2.39 bits per heavy atom. The molecule has 0 saturated heterocycles. The summed E-state index contributed by atoms with van der Waals surface area (Å²) in [6, 6.07) is 10.7. The number of nitrogens with one attached hydrogen (secondary N) is 2. The van der Waals surface area contributed by atoms with Crippen LogP contribution >= 0.6 is 0 Å². The topological polar surface area (TPSA) is 137 Å². The largest absolute Gasteiger partial charge is 0.494 e. The van der Waals surface area contributed by atoms with Crippen LogP contribution in [0.3, 0.4) is 0 Å². The van der Waals surface area contributed by atoms with Gasteiger partial charge in [0.1, 0.15) is 11.8 Å². The Hall–Kier alpha value is -3.95. The second kappa shape index (κ2) is 10.7. The van der Waals surface area contributed by atoms with Crippen LogP contribution in [-0.4, -0.2) is 41.5 Å². The van der Waals surface area contributed by atoms with Crippen LogP contribution < -0.4 is 15.4 Å². The number of non-ortho nitro benzene ring substituents is 1. The molecule has 1 unspecified atom stereocenters. The Balaban J connectivity index is 1.89. The Kier molecular flexibility index (Phi) is 8.07. The number of nitrogens with zero attached hydrogens (tertiary/aromatic N) is 1. The summed E-state index contributed by atoms with van der Waals surface area (Å²) in [4.78, 5) is 46.9. The van der Waals surface area contributed by atoms with Gasteiger partial charge >= 0.3 is 5.97 Å². The molecule has 0 spiro atoms. The van der Waals surface area contributed by atoms with Crippen LogP contribution in [0, 0.1) is 10.1 Å². The quantitative estimate of drug-likeness (QED) is 0.355. The van der Waals surface area contributed by atoms with Gasteiger partial charge in [0.15, 0.2) is 6.10 Å². The third-order valence-corrected chi connectivity index (χ3v) is 4.12. The van der Waals surface area contributed by atoms with Gasteiger partial charge in [-0.2, -0.15) is 0 Å². The average molecular weight is 429 g/mol. The fourth-order valence-electron chi connectivity index (χ4n) is 2.47. The van der Waals surface area contributed by atoms with E-state index in [1.807, 2.05) is 6.92 Å². The fraction of sp³-hybridized carbons (Fsp3) is 0.286. The minimum atomic E-state index is -1.11. The van der Waals surface area contributed by atoms with E-state index in [0.717, 1.165) is 6.07 Å². The number of nitro groups is 1. The zero-order valence-corrected chi connectivity index (χ0v) is 17.3. The van der Waals surface area contributed by atoms with E-state index >= 15 is 0 Å². The van der Waals surface area contributed by atoms with Crippen LogP contribution in [0.4, 0.5) is 11.4 Å². The molecule has 2 rings (SSSR count). The number of carbonyl (C=O) groups is 3. The first kappa shape index (κ1) is 23.3. The third-order valence-electron chi connectivity index (χ3n) is 4.12. The van der Waals surface area contributed by atoms with Crippen LogP contribution in [0.1, 0.15) is 31.1 Å². The van der Waals surface area contributed by atoms with Crippen LogP contribution in [0.5, 0.6) is 5.75 Å². The van der Waals surface area contributed by atoms with E-state index in [4.69, 9.17) is 9.47 Å². The van der Waals surface area contributed by atoms with Crippen molar-refractivity contribution in [2.75, 3.05) is 11.9 Å². The summed E-state index contributed by atoms with van der Waals surface area (Å²) in [5.41, 5.74) is 0.279. The van der Waals surface area contributed by atoms with Crippen LogP contribution in [0.25, 0.3) is 0 Å². The molecule has 0 aliphatic rings. The highest BCUT2D eigenvalue weighted by Crippen LogP contribution is 2.16. The van der Waals surface area contributed by atoms with Gasteiger partial charge in [-0.15, -0.1) is 0 Å². The standard InChI is InChI=1S/C21H23N3O7/c1-4-30-18-10-8-16(9-11-18)23-19(25)14(3)31-21(27)13(2)22-20(26)15-6-5-7-17(12-15)24(28)29/h5-14H,4H2,1-3H3,(H,22,26)(H,23,25)/t13-,14?/m0/s1. The molecule has 164 valence electrons. The molecule has 0 heterocycles. The number of hydrogen-bond donors (Lipinski definition) is 2. The zero-order chi connectivity index (χ0) is 23.0. The maximum Gasteiger partial charge on any atom is 0.329 e. The van der Waals surface area contributed by atoms with Crippen molar-refractivity contribution in [2.45, 2.75) is 32.9 Å². The monoisotopic (exact) mass is 429 g/mol. The Morgan fingerprint density at radius 1 is 1.10 bits per heavy atom. The summed E-state index contributed by atoms with van der Waals surface area (Å²) in [6.45, 7) is 5.17. The van der Waals surface area contributed by atoms with Gasteiger partial charge in [0.2, 0.25) is 0 Å². The Morgan fingerprint density at radius 2 is 1.77 bits per heavy atom. The lowest BCUT2D eigenvalue weighted by molar-refractivity contribution is -0.384. The van der Waals surface area contributed by atoms with Crippen molar-refractivity contribution in [3.8, 4) is 5.75 Å². The van der Waals surface area contributed by atoms with Gasteiger partial charge in [-0.3, -0.25) is 19.7 Å². The smallest absolute Gasteiger partial charge is 0.329 e. The fourth-order valence-corrected chi connectivity index (χ4v) is 2.47. The molecule has 31 heavy (non-hydrogen) atoms. The first-order valence-electron chi connectivity index (χ1n) is 9.50. The maximum atomic E-state index is 12.3. The van der Waals surface area contributed by atoms with Gasteiger partial charge in [-0.25, -0.2) is 4.79 Å². The number of esters is 1. The molecule has 2 aromatic carbocycles. The normalized spacial score (nSPS) is 12.2. The predicted molar refractivity (Wildman–Crippen MR) is 112 cm³/mol. The molecule has 0 aliphatic carbocycles. The summed E-state index contributed by atoms with van der Waals surface area (Å²) in [5.74, 6) is -1.39. The van der Waals surface area contributed by atoms with E-state index in [9.17, 15) is 24.5 Å². The van der Waals surface area contributed by atoms with E-state index in [-0.39, 0.29) is 11.3 Å². The lowest BCUT2D eigenvalue weighted by Gasteiger charge is -2.17. The van der Waals surface area contributed by atoms with Crippen LogP contribution in [0.15, 0.2) is 48.5 Å². The van der Waals surface area contributed by atoms with Crippen molar-refractivity contribution in [2.24, 2.45) is 0 Å². The minimum Gasteiger partial charge on any atom is -0.494 e. The third kappa shape index (κ3) is 6.81. The molecule has 2 N–H and O–H groups in total. The number of anilines is 1. The molecule has 0 aromatic heterocycles. The Bertz CT molecular complexity index is 960. The summed E-state index contributed by atoms with van der Waals surface area (Å²) >= 11 is 0. The highest BCUT2D eigenvalue weighted by atomic mass is 16.6. The van der Waals surface area contributed by atoms with Gasteiger partial charge in [0, 0.05) is 23.4 Å². The van der Waals surface area contributed by atoms with Crippen molar-refractivity contribution >= 4 is 29.2 Å².